The maximum Gasteiger partial charge on any atom is 0.0422 e. The molecule has 3 heteroatoms. The molecule has 1 aromatic rings. The molecule has 1 aliphatic rings. The molecule has 17 heavy (non-hydrogen) atoms. The number of para-hydroxylation sites is 1. The molecule has 0 bridgehead atoms. The van der Waals surface area contributed by atoms with Gasteiger partial charge in [0, 0.05) is 16.9 Å². The summed E-state index contributed by atoms with van der Waals surface area (Å²) in [6.07, 6.45) is 5.41. The van der Waals surface area contributed by atoms with Crippen molar-refractivity contribution in [3.63, 3.8) is 0 Å². The minimum absolute atomic E-state index is 0.373. The van der Waals surface area contributed by atoms with E-state index in [1.807, 2.05) is 43.3 Å². The van der Waals surface area contributed by atoms with Gasteiger partial charge in [0.15, 0.2) is 0 Å². The fourth-order valence-electron chi connectivity index (χ4n) is 2.22. The highest BCUT2D eigenvalue weighted by atomic mass is 14.7. The van der Waals surface area contributed by atoms with Crippen molar-refractivity contribution >= 4 is 5.69 Å². The number of nitrogens with two attached hydrogens (primary N) is 3. The van der Waals surface area contributed by atoms with Crippen molar-refractivity contribution in [2.75, 3.05) is 5.73 Å². The molecular formula is C14H19N3. The second kappa shape index (κ2) is 4.26. The maximum atomic E-state index is 6.38. The van der Waals surface area contributed by atoms with E-state index in [0.29, 0.717) is 0 Å². The first kappa shape index (κ1) is 11.7. The van der Waals surface area contributed by atoms with E-state index in [-0.39, 0.29) is 5.54 Å². The van der Waals surface area contributed by atoms with Gasteiger partial charge < -0.3 is 17.2 Å². The van der Waals surface area contributed by atoms with E-state index in [1.165, 1.54) is 0 Å². The van der Waals surface area contributed by atoms with Crippen molar-refractivity contribution in [1.82, 2.24) is 0 Å². The lowest BCUT2D eigenvalue weighted by Gasteiger charge is -2.30. The van der Waals surface area contributed by atoms with Crippen LogP contribution in [0.3, 0.4) is 0 Å². The Labute approximate surface area is 102 Å². The van der Waals surface area contributed by atoms with Gasteiger partial charge in [-0.1, -0.05) is 24.3 Å². The summed E-state index contributed by atoms with van der Waals surface area (Å²) in [5.41, 5.74) is 21.6. The summed E-state index contributed by atoms with van der Waals surface area (Å²) in [6, 6.07) is 7.84. The van der Waals surface area contributed by atoms with Crippen LogP contribution in [0, 0.1) is 0 Å². The third-order valence-corrected chi connectivity index (χ3v) is 3.26. The predicted octanol–water partition coefficient (Wildman–Crippen LogP) is 1.70. The second-order valence-corrected chi connectivity index (χ2v) is 4.85. The third-order valence-electron chi connectivity index (χ3n) is 3.26. The third kappa shape index (κ3) is 2.50. The largest absolute Gasteiger partial charge is 0.399 e. The number of allylic oxidation sites excluding steroid dienone is 1. The van der Waals surface area contributed by atoms with E-state index in [0.717, 1.165) is 35.4 Å². The standard InChI is InChI=1S/C14H19N3/c1-10-8-14(17,7-6-12(10)15)9-11-4-2-3-5-13(11)16/h2-7H,8-9,15-17H2,1H3. The summed E-state index contributed by atoms with van der Waals surface area (Å²) in [5.74, 6) is 0. The molecule has 3 nitrogen and oxygen atoms in total. The van der Waals surface area contributed by atoms with Crippen LogP contribution in [0.5, 0.6) is 0 Å². The van der Waals surface area contributed by atoms with Gasteiger partial charge in [0.2, 0.25) is 0 Å². The molecule has 1 aliphatic carbocycles. The summed E-state index contributed by atoms with van der Waals surface area (Å²) in [7, 11) is 0. The Hall–Kier alpha value is -1.74. The molecule has 0 radical (unpaired) electrons. The van der Waals surface area contributed by atoms with E-state index in [2.05, 4.69) is 0 Å². The molecule has 0 aromatic heterocycles. The Bertz CT molecular complexity index is 488. The van der Waals surface area contributed by atoms with E-state index < -0.39 is 0 Å². The zero-order chi connectivity index (χ0) is 12.5. The van der Waals surface area contributed by atoms with Crippen molar-refractivity contribution in [3.05, 3.63) is 53.3 Å². The monoisotopic (exact) mass is 229 g/mol. The summed E-state index contributed by atoms with van der Waals surface area (Å²) >= 11 is 0. The summed E-state index contributed by atoms with van der Waals surface area (Å²) < 4.78 is 0. The molecule has 0 heterocycles. The Kier molecular flexibility index (Phi) is 2.94. The summed E-state index contributed by atoms with van der Waals surface area (Å²) in [4.78, 5) is 0. The van der Waals surface area contributed by atoms with Crippen LogP contribution < -0.4 is 17.2 Å². The topological polar surface area (TPSA) is 78.1 Å². The van der Waals surface area contributed by atoms with E-state index in [1.54, 1.807) is 0 Å². The van der Waals surface area contributed by atoms with Gasteiger partial charge in [0.05, 0.1) is 0 Å². The number of rotatable bonds is 2. The highest BCUT2D eigenvalue weighted by Crippen LogP contribution is 2.27. The van der Waals surface area contributed by atoms with Crippen molar-refractivity contribution in [1.29, 1.82) is 0 Å². The minimum Gasteiger partial charge on any atom is -0.399 e. The molecule has 0 saturated carbocycles. The first-order valence-electron chi connectivity index (χ1n) is 5.77. The normalized spacial score (nSPS) is 24.1. The lowest BCUT2D eigenvalue weighted by atomic mass is 9.81. The van der Waals surface area contributed by atoms with Crippen LogP contribution in [0.1, 0.15) is 18.9 Å². The molecular weight excluding hydrogens is 210 g/mol. The lowest BCUT2D eigenvalue weighted by molar-refractivity contribution is 0.511. The van der Waals surface area contributed by atoms with E-state index in [4.69, 9.17) is 17.2 Å². The lowest BCUT2D eigenvalue weighted by Crippen LogP contribution is -2.42. The molecule has 0 spiro atoms. The maximum absolute atomic E-state index is 6.38. The van der Waals surface area contributed by atoms with Gasteiger partial charge in [-0.15, -0.1) is 0 Å². The van der Waals surface area contributed by atoms with Crippen LogP contribution in [0.2, 0.25) is 0 Å². The summed E-state index contributed by atoms with van der Waals surface area (Å²) in [5, 5.41) is 0. The number of benzene rings is 1. The molecule has 2 rings (SSSR count). The number of hydrogen-bond acceptors (Lipinski definition) is 3. The Morgan fingerprint density at radius 1 is 1.24 bits per heavy atom. The zero-order valence-electron chi connectivity index (χ0n) is 10.1. The van der Waals surface area contributed by atoms with Gasteiger partial charge in [-0.2, -0.15) is 0 Å². The van der Waals surface area contributed by atoms with Crippen molar-refractivity contribution in [3.8, 4) is 0 Å². The van der Waals surface area contributed by atoms with E-state index >= 15 is 0 Å². The van der Waals surface area contributed by atoms with E-state index in [9.17, 15) is 0 Å². The fraction of sp³-hybridized carbons (Fsp3) is 0.286. The zero-order valence-corrected chi connectivity index (χ0v) is 10.1. The first-order valence-corrected chi connectivity index (χ1v) is 5.77. The van der Waals surface area contributed by atoms with Crippen LogP contribution in [0.25, 0.3) is 0 Å². The molecule has 0 amide bonds. The van der Waals surface area contributed by atoms with Crippen molar-refractivity contribution < 1.29 is 0 Å². The van der Waals surface area contributed by atoms with Gasteiger partial charge in [-0.25, -0.2) is 0 Å². The average molecular weight is 229 g/mol. The molecule has 6 N–H and O–H groups in total. The van der Waals surface area contributed by atoms with Crippen molar-refractivity contribution in [2.45, 2.75) is 25.3 Å². The van der Waals surface area contributed by atoms with Crippen LogP contribution in [0.15, 0.2) is 47.7 Å². The second-order valence-electron chi connectivity index (χ2n) is 4.85. The number of nitrogen functional groups attached to an aromatic ring is 1. The molecule has 90 valence electrons. The molecule has 0 fully saturated rings. The van der Waals surface area contributed by atoms with Crippen LogP contribution in [-0.4, -0.2) is 5.54 Å². The summed E-state index contributed by atoms with van der Waals surface area (Å²) in [6.45, 7) is 2.02. The number of hydrogen-bond donors (Lipinski definition) is 3. The number of anilines is 1. The molecule has 1 unspecified atom stereocenters. The van der Waals surface area contributed by atoms with Gasteiger partial charge in [0.1, 0.15) is 0 Å². The van der Waals surface area contributed by atoms with Crippen LogP contribution in [0.4, 0.5) is 5.69 Å². The molecule has 0 aliphatic heterocycles. The van der Waals surface area contributed by atoms with Crippen molar-refractivity contribution in [2.24, 2.45) is 11.5 Å². The minimum atomic E-state index is -0.373. The first-order chi connectivity index (χ1) is 8.00. The molecule has 1 aromatic carbocycles. The van der Waals surface area contributed by atoms with Gasteiger partial charge in [-0.3, -0.25) is 0 Å². The quantitative estimate of drug-likeness (QED) is 0.675. The predicted molar refractivity (Wildman–Crippen MR) is 72.1 cm³/mol. The highest BCUT2D eigenvalue weighted by Gasteiger charge is 2.26. The van der Waals surface area contributed by atoms with Gasteiger partial charge in [0.25, 0.3) is 0 Å². The molecule has 1 atom stereocenters. The van der Waals surface area contributed by atoms with Gasteiger partial charge >= 0.3 is 0 Å². The van der Waals surface area contributed by atoms with Gasteiger partial charge in [-0.05, 0) is 43.0 Å². The van der Waals surface area contributed by atoms with Crippen LogP contribution >= 0.6 is 0 Å². The average Bonchev–Trinajstić information content (AvgIpc) is 2.28. The highest BCUT2D eigenvalue weighted by molar-refractivity contribution is 5.48. The smallest absolute Gasteiger partial charge is 0.0422 e. The Balaban J connectivity index is 2.21. The SMILES string of the molecule is CC1=C(N)C=CC(N)(Cc2ccccc2N)C1. The fourth-order valence-corrected chi connectivity index (χ4v) is 2.22. The molecule has 0 saturated heterocycles. The Morgan fingerprint density at radius 3 is 2.59 bits per heavy atom. The Morgan fingerprint density at radius 2 is 1.94 bits per heavy atom. The van der Waals surface area contributed by atoms with Crippen LogP contribution in [-0.2, 0) is 6.42 Å².